The Balaban J connectivity index is 2.24. The SMILES string of the molecule is CCS(=O)(=O)c1cc(OC(F)F)cnc1-c1nc2cc(C(F)(F)F)cnc2n1C. The number of hydrogen-bond acceptors (Lipinski definition) is 6. The molecule has 0 aromatic carbocycles. The van der Waals surface area contributed by atoms with E-state index in [2.05, 4.69) is 19.7 Å². The molecule has 0 bridgehead atoms. The lowest BCUT2D eigenvalue weighted by Gasteiger charge is -2.11. The third-order valence-corrected chi connectivity index (χ3v) is 5.76. The van der Waals surface area contributed by atoms with Crippen LogP contribution in [0.1, 0.15) is 12.5 Å². The number of hydrogen-bond donors (Lipinski definition) is 0. The molecule has 156 valence electrons. The maximum Gasteiger partial charge on any atom is 0.417 e. The minimum atomic E-state index is -4.64. The van der Waals surface area contributed by atoms with Crippen LogP contribution in [0.3, 0.4) is 0 Å². The van der Waals surface area contributed by atoms with Crippen molar-refractivity contribution >= 4 is 21.0 Å². The smallest absolute Gasteiger partial charge is 0.417 e. The van der Waals surface area contributed by atoms with Gasteiger partial charge in [0.1, 0.15) is 21.9 Å². The highest BCUT2D eigenvalue weighted by Gasteiger charge is 2.32. The summed E-state index contributed by atoms with van der Waals surface area (Å²) in [6.45, 7) is -1.85. The van der Waals surface area contributed by atoms with E-state index in [1.807, 2.05) is 0 Å². The maximum atomic E-state index is 12.9. The average Bonchev–Trinajstić information content (AvgIpc) is 2.96. The summed E-state index contributed by atoms with van der Waals surface area (Å²) in [5.74, 6) is -0.949. The molecule has 0 aliphatic carbocycles. The molecule has 3 aromatic rings. The Kier molecular flexibility index (Phi) is 5.19. The average molecular weight is 436 g/mol. The number of fused-ring (bicyclic) bond motifs is 1. The van der Waals surface area contributed by atoms with Gasteiger partial charge < -0.3 is 9.30 Å². The molecule has 0 fully saturated rings. The van der Waals surface area contributed by atoms with Crippen molar-refractivity contribution in [2.45, 2.75) is 24.6 Å². The molecule has 3 heterocycles. The first-order chi connectivity index (χ1) is 13.4. The van der Waals surface area contributed by atoms with Crippen molar-refractivity contribution in [2.75, 3.05) is 5.75 Å². The predicted molar refractivity (Wildman–Crippen MR) is 91.1 cm³/mol. The molecule has 13 heteroatoms. The van der Waals surface area contributed by atoms with Gasteiger partial charge in [-0.05, 0) is 6.07 Å². The van der Waals surface area contributed by atoms with Gasteiger partial charge >= 0.3 is 12.8 Å². The largest absolute Gasteiger partial charge is 0.433 e. The van der Waals surface area contributed by atoms with Crippen molar-refractivity contribution < 1.29 is 35.1 Å². The molecule has 0 saturated carbocycles. The normalized spacial score (nSPS) is 12.7. The Morgan fingerprint density at radius 2 is 1.86 bits per heavy atom. The number of alkyl halides is 5. The molecule has 0 saturated heterocycles. The molecule has 29 heavy (non-hydrogen) atoms. The van der Waals surface area contributed by atoms with Crippen LogP contribution >= 0.6 is 0 Å². The second-order valence-corrected chi connectivity index (χ2v) is 8.11. The van der Waals surface area contributed by atoms with Crippen molar-refractivity contribution in [1.82, 2.24) is 19.5 Å². The van der Waals surface area contributed by atoms with Gasteiger partial charge in [-0.15, -0.1) is 0 Å². The van der Waals surface area contributed by atoms with Gasteiger partial charge in [0.05, 0.1) is 17.5 Å². The third kappa shape index (κ3) is 3.99. The zero-order chi connectivity index (χ0) is 21.6. The minimum absolute atomic E-state index is 0.0579. The van der Waals surface area contributed by atoms with E-state index in [9.17, 15) is 30.4 Å². The maximum absolute atomic E-state index is 12.9. The van der Waals surface area contributed by atoms with Gasteiger partial charge in [-0.1, -0.05) is 6.92 Å². The molecule has 0 aliphatic rings. The monoisotopic (exact) mass is 436 g/mol. The summed E-state index contributed by atoms with van der Waals surface area (Å²) in [6.07, 6.45) is -3.13. The van der Waals surface area contributed by atoms with E-state index >= 15 is 0 Å². The topological polar surface area (TPSA) is 87.0 Å². The molecule has 3 aromatic heterocycles. The molecule has 0 unspecified atom stereocenters. The second-order valence-electron chi connectivity index (χ2n) is 5.86. The number of aryl methyl sites for hydroxylation is 1. The van der Waals surface area contributed by atoms with Crippen LogP contribution in [-0.2, 0) is 23.1 Å². The number of imidazole rings is 1. The zero-order valence-electron chi connectivity index (χ0n) is 14.9. The molecule has 7 nitrogen and oxygen atoms in total. The Morgan fingerprint density at radius 3 is 2.45 bits per heavy atom. The Morgan fingerprint density at radius 1 is 1.17 bits per heavy atom. The number of nitrogens with zero attached hydrogens (tertiary/aromatic N) is 4. The lowest BCUT2D eigenvalue weighted by Crippen LogP contribution is -2.10. The van der Waals surface area contributed by atoms with Crippen molar-refractivity contribution in [1.29, 1.82) is 0 Å². The van der Waals surface area contributed by atoms with Crippen LogP contribution < -0.4 is 4.74 Å². The number of aromatic nitrogens is 4. The fourth-order valence-electron chi connectivity index (χ4n) is 2.60. The summed E-state index contributed by atoms with van der Waals surface area (Å²) in [5.41, 5.74) is -1.32. The summed E-state index contributed by atoms with van der Waals surface area (Å²) in [7, 11) is -2.55. The number of rotatable bonds is 5. The van der Waals surface area contributed by atoms with Crippen molar-refractivity contribution in [3.05, 3.63) is 30.1 Å². The van der Waals surface area contributed by atoms with Gasteiger partial charge in [-0.25, -0.2) is 23.4 Å². The third-order valence-electron chi connectivity index (χ3n) is 4.02. The van der Waals surface area contributed by atoms with Crippen LogP contribution in [0.25, 0.3) is 22.7 Å². The molecule has 0 radical (unpaired) electrons. The summed E-state index contributed by atoms with van der Waals surface area (Å²) in [5, 5.41) is 0. The number of ether oxygens (including phenoxy) is 1. The summed E-state index contributed by atoms with van der Waals surface area (Å²) >= 11 is 0. The quantitative estimate of drug-likeness (QED) is 0.570. The second kappa shape index (κ2) is 7.21. The van der Waals surface area contributed by atoms with Crippen LogP contribution in [0.2, 0.25) is 0 Å². The van der Waals surface area contributed by atoms with Gasteiger partial charge in [0, 0.05) is 19.3 Å². The Labute approximate surface area is 161 Å². The van der Waals surface area contributed by atoms with E-state index in [1.54, 1.807) is 0 Å². The van der Waals surface area contributed by atoms with Crippen LogP contribution in [0, 0.1) is 0 Å². The first-order valence-electron chi connectivity index (χ1n) is 8.01. The number of pyridine rings is 2. The molecule has 0 aliphatic heterocycles. The van der Waals surface area contributed by atoms with E-state index in [4.69, 9.17) is 0 Å². The van der Waals surface area contributed by atoms with Crippen LogP contribution in [0.4, 0.5) is 22.0 Å². The highest BCUT2D eigenvalue weighted by Crippen LogP contribution is 2.33. The van der Waals surface area contributed by atoms with E-state index < -0.39 is 38.8 Å². The zero-order valence-corrected chi connectivity index (χ0v) is 15.7. The lowest BCUT2D eigenvalue weighted by molar-refractivity contribution is -0.137. The molecule has 0 amide bonds. The fraction of sp³-hybridized carbons (Fsp3) is 0.312. The first-order valence-corrected chi connectivity index (χ1v) is 9.67. The molecule has 0 atom stereocenters. The fourth-order valence-corrected chi connectivity index (χ4v) is 3.64. The van der Waals surface area contributed by atoms with Crippen molar-refractivity contribution in [3.63, 3.8) is 0 Å². The van der Waals surface area contributed by atoms with Crippen LogP contribution in [0.15, 0.2) is 29.4 Å². The summed E-state index contributed by atoms with van der Waals surface area (Å²) < 4.78 is 94.1. The molecular formula is C16H13F5N4O3S. The standard InChI is InChI=1S/C16H13F5N4O3S/c1-3-29(26,27)11-5-9(28-15(17)18)7-22-12(11)14-24-10-4-8(16(19,20)21)6-23-13(10)25(14)2/h4-7,15H,3H2,1-2H3. The summed E-state index contributed by atoms with van der Waals surface area (Å²) in [6, 6.07) is 1.65. The minimum Gasteiger partial charge on any atom is -0.433 e. The van der Waals surface area contributed by atoms with E-state index in [0.29, 0.717) is 6.20 Å². The lowest BCUT2D eigenvalue weighted by atomic mass is 10.2. The number of sulfone groups is 1. The van der Waals surface area contributed by atoms with Gasteiger partial charge in [0.2, 0.25) is 0 Å². The van der Waals surface area contributed by atoms with Gasteiger partial charge in [-0.2, -0.15) is 22.0 Å². The Hall–Kier alpha value is -2.83. The molecular weight excluding hydrogens is 423 g/mol. The first kappa shape index (κ1) is 20.9. The molecule has 0 N–H and O–H groups in total. The van der Waals surface area contributed by atoms with Crippen LogP contribution in [-0.4, -0.2) is 40.3 Å². The van der Waals surface area contributed by atoms with E-state index in [0.717, 1.165) is 18.3 Å². The summed E-state index contributed by atoms with van der Waals surface area (Å²) in [4.78, 5) is 11.2. The van der Waals surface area contributed by atoms with Crippen molar-refractivity contribution in [3.8, 4) is 17.3 Å². The Bertz CT molecular complexity index is 1180. The highest BCUT2D eigenvalue weighted by molar-refractivity contribution is 7.91. The predicted octanol–water partition coefficient (Wildman–Crippen LogP) is 3.44. The van der Waals surface area contributed by atoms with Crippen LogP contribution in [0.5, 0.6) is 5.75 Å². The van der Waals surface area contributed by atoms with Gasteiger partial charge in [-0.3, -0.25) is 0 Å². The number of halogens is 5. The molecule has 0 spiro atoms. The van der Waals surface area contributed by atoms with Crippen molar-refractivity contribution in [2.24, 2.45) is 7.05 Å². The van der Waals surface area contributed by atoms with E-state index in [1.165, 1.54) is 18.5 Å². The highest BCUT2D eigenvalue weighted by atomic mass is 32.2. The van der Waals surface area contributed by atoms with Gasteiger partial charge in [0.15, 0.2) is 21.3 Å². The molecule has 3 rings (SSSR count). The van der Waals surface area contributed by atoms with Gasteiger partial charge in [0.25, 0.3) is 0 Å². The van der Waals surface area contributed by atoms with E-state index in [-0.39, 0.29) is 28.4 Å².